The van der Waals surface area contributed by atoms with E-state index < -0.39 is 23.9 Å². The molecule has 1 amide bonds. The number of halogens is 3. The van der Waals surface area contributed by atoms with Gasteiger partial charge in [-0.2, -0.15) is 18.3 Å². The Labute approximate surface area is 197 Å². The van der Waals surface area contributed by atoms with E-state index in [4.69, 9.17) is 10.5 Å². The summed E-state index contributed by atoms with van der Waals surface area (Å²) in [6.45, 7) is 2.14. The van der Waals surface area contributed by atoms with E-state index in [0.717, 1.165) is 17.6 Å². The van der Waals surface area contributed by atoms with Crippen LogP contribution in [0.25, 0.3) is 21.8 Å². The van der Waals surface area contributed by atoms with Crippen molar-refractivity contribution in [3.63, 3.8) is 0 Å². The van der Waals surface area contributed by atoms with Gasteiger partial charge in [-0.05, 0) is 36.2 Å². The fourth-order valence-electron chi connectivity index (χ4n) is 5.33. The predicted molar refractivity (Wildman–Crippen MR) is 121 cm³/mol. The van der Waals surface area contributed by atoms with E-state index in [-0.39, 0.29) is 17.7 Å². The van der Waals surface area contributed by atoms with Crippen LogP contribution in [0.15, 0.2) is 36.7 Å². The molecule has 0 bridgehead atoms. The van der Waals surface area contributed by atoms with Crippen LogP contribution in [0.2, 0.25) is 0 Å². The lowest BCUT2D eigenvalue weighted by Gasteiger charge is -2.41. The number of benzene rings is 1. The van der Waals surface area contributed by atoms with Crippen LogP contribution in [-0.4, -0.2) is 49.3 Å². The maximum atomic E-state index is 13.8. The third-order valence-corrected chi connectivity index (χ3v) is 6.83. The Morgan fingerprint density at radius 3 is 2.77 bits per heavy atom. The zero-order chi connectivity index (χ0) is 24.6. The number of fused-ring (bicyclic) bond motifs is 6. The average molecular weight is 482 g/mol. The molecule has 0 spiro atoms. The van der Waals surface area contributed by atoms with Crippen molar-refractivity contribution in [2.24, 2.45) is 7.05 Å². The molecule has 3 aromatic heterocycles. The van der Waals surface area contributed by atoms with Gasteiger partial charge < -0.3 is 15.4 Å². The molecule has 1 aliphatic carbocycles. The number of carbonyl (C=O) groups excluding carboxylic acids is 1. The number of carbonyl (C=O) groups is 1. The molecule has 3 atom stereocenters. The lowest BCUT2D eigenvalue weighted by Crippen LogP contribution is -2.50. The molecule has 1 aliphatic heterocycles. The van der Waals surface area contributed by atoms with Crippen molar-refractivity contribution in [2.75, 3.05) is 12.3 Å². The van der Waals surface area contributed by atoms with E-state index in [1.807, 2.05) is 6.92 Å². The summed E-state index contributed by atoms with van der Waals surface area (Å²) in [5.74, 6) is 0.00375. The number of hydrogen-bond acceptors (Lipinski definition) is 6. The molecule has 0 radical (unpaired) electrons. The third-order valence-electron chi connectivity index (χ3n) is 6.83. The maximum absolute atomic E-state index is 13.8. The lowest BCUT2D eigenvalue weighted by molar-refractivity contribution is -0.137. The van der Waals surface area contributed by atoms with E-state index in [9.17, 15) is 18.0 Å². The Balaban J connectivity index is 1.43. The number of aryl methyl sites for hydroxylation is 1. The zero-order valence-electron chi connectivity index (χ0n) is 18.9. The highest BCUT2D eigenvalue weighted by molar-refractivity contribution is 6.09. The summed E-state index contributed by atoms with van der Waals surface area (Å²) >= 11 is 0. The minimum atomic E-state index is -4.43. The van der Waals surface area contributed by atoms with Gasteiger partial charge in [0.25, 0.3) is 5.91 Å². The number of morpholine rings is 1. The smallest absolute Gasteiger partial charge is 0.383 e. The van der Waals surface area contributed by atoms with Crippen molar-refractivity contribution in [2.45, 2.75) is 37.8 Å². The molecule has 1 fully saturated rings. The van der Waals surface area contributed by atoms with Crippen LogP contribution >= 0.6 is 0 Å². The lowest BCUT2D eigenvalue weighted by atomic mass is 10.0. The second-order valence-corrected chi connectivity index (χ2v) is 9.12. The SMILES string of the molecule is C[C@H]1CN(C(=O)c2cc3c(cn2)nc(N)c2cnn(C)c23)[C@H]2c3ccc(C(F)(F)F)cc3C[C@H]2O1. The Kier molecular flexibility index (Phi) is 4.59. The summed E-state index contributed by atoms with van der Waals surface area (Å²) in [7, 11) is 1.78. The first kappa shape index (κ1) is 21.8. The van der Waals surface area contributed by atoms with E-state index in [2.05, 4.69) is 15.1 Å². The molecule has 0 saturated carbocycles. The Hall–Kier alpha value is -3.73. The van der Waals surface area contributed by atoms with E-state index in [1.165, 1.54) is 12.3 Å². The number of alkyl halides is 3. The molecule has 8 nitrogen and oxygen atoms in total. The molecule has 4 heterocycles. The molecule has 180 valence electrons. The molecular formula is C24H21F3N6O2. The summed E-state index contributed by atoms with van der Waals surface area (Å²) in [6, 6.07) is 4.86. The van der Waals surface area contributed by atoms with Gasteiger partial charge in [0.2, 0.25) is 0 Å². The van der Waals surface area contributed by atoms with Gasteiger partial charge in [0, 0.05) is 25.4 Å². The van der Waals surface area contributed by atoms with Crippen LogP contribution in [0, 0.1) is 0 Å². The van der Waals surface area contributed by atoms with Crippen molar-refractivity contribution < 1.29 is 22.7 Å². The van der Waals surface area contributed by atoms with Gasteiger partial charge in [0.1, 0.15) is 11.5 Å². The van der Waals surface area contributed by atoms with Crippen molar-refractivity contribution in [3.05, 3.63) is 59.0 Å². The largest absolute Gasteiger partial charge is 0.416 e. The van der Waals surface area contributed by atoms with Gasteiger partial charge in [0.05, 0.1) is 52.6 Å². The van der Waals surface area contributed by atoms with Crippen molar-refractivity contribution in [1.82, 2.24) is 24.6 Å². The first-order chi connectivity index (χ1) is 16.6. The highest BCUT2D eigenvalue weighted by atomic mass is 19.4. The molecule has 2 aliphatic rings. The maximum Gasteiger partial charge on any atom is 0.416 e. The quantitative estimate of drug-likeness (QED) is 0.445. The minimum absolute atomic E-state index is 0.208. The standard InChI is InChI=1S/C24H21F3N6O2/c1-11-10-33(21-14-4-3-13(24(25,26)27)5-12(14)6-19(21)35-11)23(34)17-7-15-18(9-29-17)31-22(28)16-8-30-32(2)20(15)16/h3-5,7-9,11,19,21H,6,10H2,1-2H3,(H2,28,31)/t11-,19+,21-/m0/s1. The van der Waals surface area contributed by atoms with Gasteiger partial charge in [-0.25, -0.2) is 9.97 Å². The fraction of sp³-hybridized carbons (Fsp3) is 0.333. The molecule has 11 heteroatoms. The van der Waals surface area contributed by atoms with Crippen LogP contribution in [0.4, 0.5) is 19.0 Å². The van der Waals surface area contributed by atoms with E-state index in [1.54, 1.807) is 28.9 Å². The van der Waals surface area contributed by atoms with Gasteiger partial charge in [-0.3, -0.25) is 9.48 Å². The summed E-state index contributed by atoms with van der Waals surface area (Å²) < 4.78 is 47.5. The molecule has 4 aromatic rings. The molecule has 0 unspecified atom stereocenters. The molecule has 2 N–H and O–H groups in total. The van der Waals surface area contributed by atoms with Gasteiger partial charge in [-0.1, -0.05) is 6.07 Å². The van der Waals surface area contributed by atoms with Crippen LogP contribution in [0.1, 0.15) is 40.1 Å². The van der Waals surface area contributed by atoms with Gasteiger partial charge in [0.15, 0.2) is 0 Å². The molecule has 35 heavy (non-hydrogen) atoms. The first-order valence-electron chi connectivity index (χ1n) is 11.1. The second-order valence-electron chi connectivity index (χ2n) is 9.12. The fourth-order valence-corrected chi connectivity index (χ4v) is 5.33. The van der Waals surface area contributed by atoms with Gasteiger partial charge >= 0.3 is 6.18 Å². The van der Waals surface area contributed by atoms with Crippen LogP contribution in [0.5, 0.6) is 0 Å². The number of anilines is 1. The van der Waals surface area contributed by atoms with E-state index >= 15 is 0 Å². The number of aromatic nitrogens is 4. The van der Waals surface area contributed by atoms with E-state index in [0.29, 0.717) is 46.2 Å². The van der Waals surface area contributed by atoms with Gasteiger partial charge in [-0.15, -0.1) is 0 Å². The topological polar surface area (TPSA) is 99.2 Å². The van der Waals surface area contributed by atoms with Crippen molar-refractivity contribution >= 4 is 33.5 Å². The number of nitrogens with zero attached hydrogens (tertiary/aromatic N) is 5. The molecule has 1 aromatic carbocycles. The van der Waals surface area contributed by atoms with Crippen LogP contribution in [-0.2, 0) is 24.4 Å². The van der Waals surface area contributed by atoms with Crippen LogP contribution < -0.4 is 5.73 Å². The Morgan fingerprint density at radius 1 is 1.20 bits per heavy atom. The molecule has 1 saturated heterocycles. The molecule has 6 rings (SSSR count). The summed E-state index contributed by atoms with van der Waals surface area (Å²) in [4.78, 5) is 24.2. The number of ether oxygens (including phenoxy) is 1. The number of hydrogen-bond donors (Lipinski definition) is 1. The number of amides is 1. The third kappa shape index (κ3) is 3.33. The van der Waals surface area contributed by atoms with Crippen molar-refractivity contribution in [1.29, 1.82) is 0 Å². The number of pyridine rings is 2. The minimum Gasteiger partial charge on any atom is -0.383 e. The zero-order valence-corrected chi connectivity index (χ0v) is 18.9. The van der Waals surface area contributed by atoms with Crippen molar-refractivity contribution in [3.8, 4) is 0 Å². The Morgan fingerprint density at radius 2 is 2.00 bits per heavy atom. The van der Waals surface area contributed by atoms with Crippen LogP contribution in [0.3, 0.4) is 0 Å². The highest BCUT2D eigenvalue weighted by Crippen LogP contribution is 2.44. The normalized spacial score (nSPS) is 22.0. The number of nitrogens with two attached hydrogens (primary N) is 1. The molecular weight excluding hydrogens is 461 g/mol. The summed E-state index contributed by atoms with van der Waals surface area (Å²) in [5, 5.41) is 5.62. The number of rotatable bonds is 1. The monoisotopic (exact) mass is 482 g/mol. The average Bonchev–Trinajstić information content (AvgIpc) is 3.37. The summed E-state index contributed by atoms with van der Waals surface area (Å²) in [6.07, 6.45) is -1.70. The Bertz CT molecular complexity index is 1510. The highest BCUT2D eigenvalue weighted by Gasteiger charge is 2.45. The number of nitrogen functional groups attached to an aromatic ring is 1. The summed E-state index contributed by atoms with van der Waals surface area (Å²) in [5.41, 5.74) is 8.05. The predicted octanol–water partition coefficient (Wildman–Crippen LogP) is 3.64. The first-order valence-corrected chi connectivity index (χ1v) is 11.1. The second kappa shape index (κ2) is 7.38.